The summed E-state index contributed by atoms with van der Waals surface area (Å²) in [6, 6.07) is 1.92. The number of ether oxygens (including phenoxy) is 1. The van der Waals surface area contributed by atoms with E-state index in [2.05, 4.69) is 15.9 Å². The smallest absolute Gasteiger partial charge is 0.202 e. The molecule has 1 fully saturated rings. The van der Waals surface area contributed by atoms with E-state index < -0.39 is 0 Å². The maximum atomic E-state index is 12.4. The molecule has 1 aliphatic carbocycles. The third-order valence-corrected chi connectivity index (χ3v) is 5.28. The molecule has 0 radical (unpaired) electrons. The molecule has 4 heteroatoms. The summed E-state index contributed by atoms with van der Waals surface area (Å²) in [6.45, 7) is 0. The Morgan fingerprint density at radius 2 is 2.18 bits per heavy atom. The molecule has 0 saturated heterocycles. The van der Waals surface area contributed by atoms with E-state index in [1.54, 1.807) is 7.11 Å². The van der Waals surface area contributed by atoms with E-state index in [4.69, 9.17) is 4.74 Å². The quantitative estimate of drug-likeness (QED) is 0.775. The number of Topliss-reactive ketones (excluding diaryl/α,β-unsaturated/α-hetero) is 1. The van der Waals surface area contributed by atoms with Crippen LogP contribution in [0.4, 0.5) is 0 Å². The van der Waals surface area contributed by atoms with Crippen molar-refractivity contribution in [1.82, 2.24) is 0 Å². The first kappa shape index (κ1) is 13.2. The van der Waals surface area contributed by atoms with Gasteiger partial charge >= 0.3 is 0 Å². The lowest BCUT2D eigenvalue weighted by molar-refractivity contribution is 0.0317. The molecule has 1 aromatic rings. The van der Waals surface area contributed by atoms with Crippen LogP contribution in [-0.4, -0.2) is 19.0 Å². The van der Waals surface area contributed by atoms with Gasteiger partial charge in [0.05, 0.1) is 4.88 Å². The standard InChI is InChI=1S/C13H17BrO2S/c1-16-12(9-5-3-2-4-6-9)11(15)13-10(14)7-8-17-13/h7-9,12H,2-6H2,1H3. The van der Waals surface area contributed by atoms with Gasteiger partial charge in [-0.3, -0.25) is 4.79 Å². The normalized spacial score (nSPS) is 19.2. The molecule has 0 bridgehead atoms. The molecule has 1 aromatic heterocycles. The van der Waals surface area contributed by atoms with Crippen LogP contribution in [0.5, 0.6) is 0 Å². The van der Waals surface area contributed by atoms with Crippen LogP contribution in [0, 0.1) is 5.92 Å². The van der Waals surface area contributed by atoms with Crippen LogP contribution in [0.1, 0.15) is 41.8 Å². The molecule has 1 heterocycles. The van der Waals surface area contributed by atoms with Crippen molar-refractivity contribution < 1.29 is 9.53 Å². The Hall–Kier alpha value is -0.190. The summed E-state index contributed by atoms with van der Waals surface area (Å²) in [5.74, 6) is 0.538. The Kier molecular flexibility index (Phi) is 4.77. The summed E-state index contributed by atoms with van der Waals surface area (Å²) in [5, 5.41) is 1.94. The lowest BCUT2D eigenvalue weighted by Gasteiger charge is -2.27. The molecule has 0 amide bonds. The van der Waals surface area contributed by atoms with E-state index in [-0.39, 0.29) is 11.9 Å². The maximum absolute atomic E-state index is 12.4. The first-order chi connectivity index (χ1) is 8.24. The number of rotatable bonds is 4. The van der Waals surface area contributed by atoms with Crippen LogP contribution >= 0.6 is 27.3 Å². The van der Waals surface area contributed by atoms with Crippen molar-refractivity contribution in [3.05, 3.63) is 20.8 Å². The highest BCUT2D eigenvalue weighted by molar-refractivity contribution is 9.10. The fourth-order valence-corrected chi connectivity index (χ4v) is 4.09. The van der Waals surface area contributed by atoms with Crippen molar-refractivity contribution in [2.45, 2.75) is 38.2 Å². The van der Waals surface area contributed by atoms with Crippen LogP contribution in [0.3, 0.4) is 0 Å². The van der Waals surface area contributed by atoms with E-state index in [1.165, 1.54) is 30.6 Å². The fourth-order valence-electron chi connectivity index (χ4n) is 2.55. The second kappa shape index (κ2) is 6.12. The lowest BCUT2D eigenvalue weighted by Crippen LogP contribution is -2.32. The Bertz CT molecular complexity index is 383. The van der Waals surface area contributed by atoms with Crippen molar-refractivity contribution in [2.24, 2.45) is 5.92 Å². The van der Waals surface area contributed by atoms with Gasteiger partial charge in [0.25, 0.3) is 0 Å². The first-order valence-corrected chi connectivity index (χ1v) is 7.71. The van der Waals surface area contributed by atoms with Gasteiger partial charge < -0.3 is 4.74 Å². The third-order valence-electron chi connectivity index (χ3n) is 3.43. The van der Waals surface area contributed by atoms with E-state index in [9.17, 15) is 4.79 Å². The molecular weight excluding hydrogens is 300 g/mol. The Morgan fingerprint density at radius 3 is 2.71 bits per heavy atom. The van der Waals surface area contributed by atoms with Gasteiger partial charge in [0, 0.05) is 11.6 Å². The van der Waals surface area contributed by atoms with Gasteiger partial charge in [-0.2, -0.15) is 0 Å². The molecule has 17 heavy (non-hydrogen) atoms. The summed E-state index contributed by atoms with van der Waals surface area (Å²) in [7, 11) is 1.65. The van der Waals surface area contributed by atoms with Gasteiger partial charge in [0.2, 0.25) is 5.78 Å². The highest BCUT2D eigenvalue weighted by Gasteiger charge is 2.31. The number of hydrogen-bond donors (Lipinski definition) is 0. The van der Waals surface area contributed by atoms with Crippen molar-refractivity contribution >= 4 is 33.0 Å². The zero-order valence-corrected chi connectivity index (χ0v) is 12.4. The molecule has 0 spiro atoms. The Balaban J connectivity index is 2.12. The lowest BCUT2D eigenvalue weighted by atomic mass is 9.83. The summed E-state index contributed by atoms with van der Waals surface area (Å²) in [5.41, 5.74) is 0. The minimum Gasteiger partial charge on any atom is -0.373 e. The van der Waals surface area contributed by atoms with Gasteiger partial charge in [-0.25, -0.2) is 0 Å². The zero-order chi connectivity index (χ0) is 12.3. The minimum absolute atomic E-state index is 0.140. The Labute approximate surface area is 114 Å². The minimum atomic E-state index is -0.259. The monoisotopic (exact) mass is 316 g/mol. The second-order valence-electron chi connectivity index (χ2n) is 4.52. The largest absolute Gasteiger partial charge is 0.373 e. The van der Waals surface area contributed by atoms with Crippen LogP contribution in [0.2, 0.25) is 0 Å². The number of ketones is 1. The molecule has 94 valence electrons. The predicted molar refractivity (Wildman–Crippen MR) is 73.7 cm³/mol. The average molecular weight is 317 g/mol. The number of thiophene rings is 1. The van der Waals surface area contributed by atoms with E-state index in [0.29, 0.717) is 5.92 Å². The fraction of sp³-hybridized carbons (Fsp3) is 0.615. The molecular formula is C13H17BrO2S. The third kappa shape index (κ3) is 2.98. The molecule has 0 aliphatic heterocycles. The number of methoxy groups -OCH3 is 1. The van der Waals surface area contributed by atoms with E-state index >= 15 is 0 Å². The predicted octanol–water partition coefficient (Wildman–Crippen LogP) is 4.29. The molecule has 1 saturated carbocycles. The van der Waals surface area contributed by atoms with Gasteiger partial charge in [-0.15, -0.1) is 11.3 Å². The highest BCUT2D eigenvalue weighted by atomic mass is 79.9. The molecule has 0 N–H and O–H groups in total. The molecule has 1 aliphatic rings. The van der Waals surface area contributed by atoms with E-state index in [0.717, 1.165) is 22.2 Å². The molecule has 2 nitrogen and oxygen atoms in total. The zero-order valence-electron chi connectivity index (χ0n) is 9.95. The Morgan fingerprint density at radius 1 is 1.47 bits per heavy atom. The van der Waals surface area contributed by atoms with Crippen molar-refractivity contribution in [3.8, 4) is 0 Å². The van der Waals surface area contributed by atoms with Crippen molar-refractivity contribution in [1.29, 1.82) is 0 Å². The molecule has 1 atom stereocenters. The van der Waals surface area contributed by atoms with Gasteiger partial charge in [-0.1, -0.05) is 19.3 Å². The van der Waals surface area contributed by atoms with Gasteiger partial charge in [0.1, 0.15) is 6.10 Å². The summed E-state index contributed by atoms with van der Waals surface area (Å²) < 4.78 is 6.36. The number of halogens is 1. The number of carbonyl (C=O) groups excluding carboxylic acids is 1. The number of hydrogen-bond acceptors (Lipinski definition) is 3. The van der Waals surface area contributed by atoms with E-state index in [1.807, 2.05) is 11.4 Å². The van der Waals surface area contributed by atoms with Crippen LogP contribution < -0.4 is 0 Å². The maximum Gasteiger partial charge on any atom is 0.202 e. The topological polar surface area (TPSA) is 26.3 Å². The van der Waals surface area contributed by atoms with Gasteiger partial charge in [-0.05, 0) is 46.1 Å². The molecule has 0 aromatic carbocycles. The van der Waals surface area contributed by atoms with Gasteiger partial charge in [0.15, 0.2) is 0 Å². The summed E-state index contributed by atoms with van der Waals surface area (Å²) in [6.07, 6.45) is 5.72. The molecule has 2 rings (SSSR count). The SMILES string of the molecule is COC(C(=O)c1sccc1Br)C1CCCCC1. The summed E-state index contributed by atoms with van der Waals surface area (Å²) in [4.78, 5) is 13.2. The van der Waals surface area contributed by atoms with Crippen molar-refractivity contribution in [2.75, 3.05) is 7.11 Å². The van der Waals surface area contributed by atoms with Crippen LogP contribution in [0.15, 0.2) is 15.9 Å². The summed E-state index contributed by atoms with van der Waals surface area (Å²) >= 11 is 4.91. The number of carbonyl (C=O) groups is 1. The first-order valence-electron chi connectivity index (χ1n) is 6.04. The van der Waals surface area contributed by atoms with Crippen molar-refractivity contribution in [3.63, 3.8) is 0 Å². The molecule has 1 unspecified atom stereocenters. The van der Waals surface area contributed by atoms with Crippen LogP contribution in [0.25, 0.3) is 0 Å². The second-order valence-corrected chi connectivity index (χ2v) is 6.29. The average Bonchev–Trinajstić information content (AvgIpc) is 2.77. The van der Waals surface area contributed by atoms with Crippen LogP contribution in [-0.2, 0) is 4.74 Å². The highest BCUT2D eigenvalue weighted by Crippen LogP contribution is 2.32.